The number of Topliss-reactive ketones (excluding diaryl/α,β-unsaturated/α-hetero) is 1. The van der Waals surface area contributed by atoms with Gasteiger partial charge in [-0.25, -0.2) is 0 Å². The fourth-order valence-electron chi connectivity index (χ4n) is 0.638. The van der Waals surface area contributed by atoms with E-state index in [1.165, 1.54) is 18.9 Å². The number of esters is 1. The minimum Gasteiger partial charge on any atom is -0.468 e. The Bertz CT molecular complexity index is 156. The van der Waals surface area contributed by atoms with Crippen molar-refractivity contribution in [3.8, 4) is 0 Å². The summed E-state index contributed by atoms with van der Waals surface area (Å²) >= 11 is 1.50. The lowest BCUT2D eigenvalue weighted by Gasteiger charge is -1.98. The molecule has 0 amide bonds. The molecule has 4 heteroatoms. The molecule has 0 aliphatic heterocycles. The number of ketones is 1. The molecule has 0 spiro atoms. The third-order valence-corrected chi connectivity index (χ3v) is 2.28. The van der Waals surface area contributed by atoms with Crippen LogP contribution in [-0.2, 0) is 14.3 Å². The van der Waals surface area contributed by atoms with E-state index in [0.717, 1.165) is 12.2 Å². The number of carbonyl (C=O) groups excluding carboxylic acids is 2. The van der Waals surface area contributed by atoms with Gasteiger partial charge in [-0.05, 0) is 19.1 Å². The van der Waals surface area contributed by atoms with Crippen LogP contribution in [0.4, 0.5) is 0 Å². The maximum atomic E-state index is 10.6. The topological polar surface area (TPSA) is 43.4 Å². The Morgan fingerprint density at radius 2 is 2.08 bits per heavy atom. The second-order valence-corrected chi connectivity index (χ2v) is 3.54. The van der Waals surface area contributed by atoms with Gasteiger partial charge in [0.25, 0.3) is 0 Å². The first-order chi connectivity index (χ1) is 5.66. The summed E-state index contributed by atoms with van der Waals surface area (Å²) in [5, 5.41) is 0. The minimum absolute atomic E-state index is 0.202. The molecule has 0 saturated carbocycles. The van der Waals surface area contributed by atoms with Crippen LogP contribution in [0, 0.1) is 0 Å². The molecule has 0 unspecified atom stereocenters. The van der Waals surface area contributed by atoms with Crippen LogP contribution in [0.25, 0.3) is 0 Å². The van der Waals surface area contributed by atoms with Crippen LogP contribution in [0.15, 0.2) is 0 Å². The van der Waals surface area contributed by atoms with E-state index >= 15 is 0 Å². The van der Waals surface area contributed by atoms with E-state index < -0.39 is 0 Å². The maximum absolute atomic E-state index is 10.6. The monoisotopic (exact) mass is 190 g/mol. The summed E-state index contributed by atoms with van der Waals surface area (Å²) in [5.74, 6) is 1.22. The smallest absolute Gasteiger partial charge is 0.315 e. The van der Waals surface area contributed by atoms with Crippen molar-refractivity contribution in [3.05, 3.63) is 0 Å². The van der Waals surface area contributed by atoms with E-state index in [1.54, 1.807) is 6.92 Å². The summed E-state index contributed by atoms with van der Waals surface area (Å²) in [7, 11) is 1.37. The molecule has 0 atom stereocenters. The van der Waals surface area contributed by atoms with Crippen LogP contribution in [-0.4, -0.2) is 30.4 Å². The number of carbonyl (C=O) groups is 2. The lowest BCUT2D eigenvalue weighted by Crippen LogP contribution is -2.03. The largest absolute Gasteiger partial charge is 0.468 e. The third-order valence-electron chi connectivity index (χ3n) is 1.27. The number of ether oxygens (including phenoxy) is 1. The van der Waals surface area contributed by atoms with Gasteiger partial charge in [0.2, 0.25) is 0 Å². The summed E-state index contributed by atoms with van der Waals surface area (Å²) in [6, 6.07) is 0. The van der Waals surface area contributed by atoms with Gasteiger partial charge in [0, 0.05) is 6.42 Å². The van der Waals surface area contributed by atoms with Gasteiger partial charge in [0.05, 0.1) is 12.9 Å². The van der Waals surface area contributed by atoms with E-state index in [0.29, 0.717) is 12.2 Å². The number of hydrogen-bond acceptors (Lipinski definition) is 4. The van der Waals surface area contributed by atoms with Crippen LogP contribution < -0.4 is 0 Å². The maximum Gasteiger partial charge on any atom is 0.315 e. The zero-order chi connectivity index (χ0) is 9.40. The average molecular weight is 190 g/mol. The lowest BCUT2D eigenvalue weighted by atomic mass is 10.3. The van der Waals surface area contributed by atoms with Crippen LogP contribution >= 0.6 is 11.8 Å². The minimum atomic E-state index is -0.206. The van der Waals surface area contributed by atoms with Crippen molar-refractivity contribution in [2.45, 2.75) is 19.8 Å². The number of rotatable bonds is 6. The second kappa shape index (κ2) is 7.16. The van der Waals surface area contributed by atoms with Gasteiger partial charge < -0.3 is 9.53 Å². The zero-order valence-electron chi connectivity index (χ0n) is 7.46. The van der Waals surface area contributed by atoms with Crippen molar-refractivity contribution in [2.75, 3.05) is 18.6 Å². The number of methoxy groups -OCH3 is 1. The molecule has 0 saturated heterocycles. The molecular formula is C8H14O3S. The predicted octanol–water partition coefficient (Wildman–Crippen LogP) is 1.26. The van der Waals surface area contributed by atoms with Crippen molar-refractivity contribution >= 4 is 23.5 Å². The zero-order valence-corrected chi connectivity index (χ0v) is 8.28. The van der Waals surface area contributed by atoms with E-state index in [9.17, 15) is 9.59 Å². The number of thioether (sulfide) groups is 1. The van der Waals surface area contributed by atoms with E-state index in [4.69, 9.17) is 0 Å². The van der Waals surface area contributed by atoms with Crippen LogP contribution in [0.2, 0.25) is 0 Å². The van der Waals surface area contributed by atoms with Gasteiger partial charge in [-0.3, -0.25) is 4.79 Å². The Labute approximate surface area is 76.9 Å². The normalized spacial score (nSPS) is 9.50. The predicted molar refractivity (Wildman–Crippen MR) is 49.3 cm³/mol. The molecule has 3 nitrogen and oxygen atoms in total. The molecule has 0 rings (SSSR count). The molecule has 0 N–H and O–H groups in total. The van der Waals surface area contributed by atoms with Gasteiger partial charge in [-0.2, -0.15) is 11.8 Å². The van der Waals surface area contributed by atoms with Crippen LogP contribution in [0.3, 0.4) is 0 Å². The van der Waals surface area contributed by atoms with Gasteiger partial charge in [0.15, 0.2) is 0 Å². The molecule has 12 heavy (non-hydrogen) atoms. The summed E-state index contributed by atoms with van der Waals surface area (Å²) in [6.45, 7) is 1.57. The first-order valence-corrected chi connectivity index (χ1v) is 4.96. The Hall–Kier alpha value is -0.510. The number of hydrogen-bond donors (Lipinski definition) is 0. The molecule has 0 radical (unpaired) electrons. The Balaban J connectivity index is 3.11. The highest BCUT2D eigenvalue weighted by Gasteiger charge is 1.99. The molecule has 0 aromatic rings. The molecule has 0 heterocycles. The van der Waals surface area contributed by atoms with E-state index in [2.05, 4.69) is 4.74 Å². The highest BCUT2D eigenvalue weighted by Crippen LogP contribution is 2.04. The summed E-state index contributed by atoms with van der Waals surface area (Å²) in [5.41, 5.74) is 0. The molecule has 0 aromatic heterocycles. The molecule has 0 aliphatic rings. The van der Waals surface area contributed by atoms with Gasteiger partial charge in [-0.1, -0.05) is 0 Å². The van der Waals surface area contributed by atoms with Gasteiger partial charge in [0.1, 0.15) is 5.78 Å². The van der Waals surface area contributed by atoms with E-state index in [1.807, 2.05) is 0 Å². The molecular weight excluding hydrogens is 176 g/mol. The van der Waals surface area contributed by atoms with Gasteiger partial charge >= 0.3 is 5.97 Å². The molecule has 0 fully saturated rings. The van der Waals surface area contributed by atoms with Crippen molar-refractivity contribution in [3.63, 3.8) is 0 Å². The lowest BCUT2D eigenvalue weighted by molar-refractivity contribution is -0.137. The van der Waals surface area contributed by atoms with Gasteiger partial charge in [-0.15, -0.1) is 0 Å². The SMILES string of the molecule is COC(=O)CSCCCC(C)=O. The Kier molecular flexibility index (Phi) is 6.85. The molecule has 0 bridgehead atoms. The highest BCUT2D eigenvalue weighted by molar-refractivity contribution is 7.99. The Morgan fingerprint density at radius 1 is 1.42 bits per heavy atom. The third kappa shape index (κ3) is 7.60. The fraction of sp³-hybridized carbons (Fsp3) is 0.750. The van der Waals surface area contributed by atoms with Crippen LogP contribution in [0.5, 0.6) is 0 Å². The van der Waals surface area contributed by atoms with E-state index in [-0.39, 0.29) is 11.8 Å². The summed E-state index contributed by atoms with van der Waals surface area (Å²) in [4.78, 5) is 21.1. The second-order valence-electron chi connectivity index (χ2n) is 2.43. The van der Waals surface area contributed by atoms with Crippen molar-refractivity contribution in [1.82, 2.24) is 0 Å². The standard InChI is InChI=1S/C8H14O3S/c1-7(9)4-3-5-12-6-8(10)11-2/h3-6H2,1-2H3. The first kappa shape index (κ1) is 11.5. The molecule has 0 aromatic carbocycles. The summed E-state index contributed by atoms with van der Waals surface area (Å²) < 4.78 is 4.45. The quantitative estimate of drug-likeness (QED) is 0.467. The fourth-order valence-corrected chi connectivity index (χ4v) is 1.41. The van der Waals surface area contributed by atoms with Crippen molar-refractivity contribution < 1.29 is 14.3 Å². The highest BCUT2D eigenvalue weighted by atomic mass is 32.2. The van der Waals surface area contributed by atoms with Crippen molar-refractivity contribution in [1.29, 1.82) is 0 Å². The molecule has 70 valence electrons. The molecule has 0 aliphatic carbocycles. The summed E-state index contributed by atoms with van der Waals surface area (Å²) in [6.07, 6.45) is 1.45. The Morgan fingerprint density at radius 3 is 2.58 bits per heavy atom. The average Bonchev–Trinajstić information content (AvgIpc) is 2.03. The van der Waals surface area contributed by atoms with Crippen LogP contribution in [0.1, 0.15) is 19.8 Å². The first-order valence-electron chi connectivity index (χ1n) is 3.81. The van der Waals surface area contributed by atoms with Crippen molar-refractivity contribution in [2.24, 2.45) is 0 Å².